The van der Waals surface area contributed by atoms with Crippen LogP contribution >= 0.6 is 12.0 Å². The molecule has 1 amide bonds. The Morgan fingerprint density at radius 2 is 2.00 bits per heavy atom. The Balaban J connectivity index is 1.31. The third-order valence-electron chi connectivity index (χ3n) is 10.0. The smallest absolute Gasteiger partial charge is 0.325 e. The molecule has 4 aliphatic rings. The number of rotatable bonds is 13. The zero-order chi connectivity index (χ0) is 30.7. The van der Waals surface area contributed by atoms with Crippen LogP contribution in [-0.4, -0.2) is 69.3 Å². The number of carbonyl (C=O) groups excluding carboxylic acids is 4. The Hall–Kier alpha value is -2.77. The Labute approximate surface area is 249 Å². The molecule has 12 nitrogen and oxygen atoms in total. The number of fused-ring (bicyclic) bond motifs is 5. The summed E-state index contributed by atoms with van der Waals surface area (Å²) in [5, 5.41) is 22.8. The molecule has 0 aromatic heterocycles. The molecule has 7 unspecified atom stereocenters. The molecule has 3 fully saturated rings. The first-order chi connectivity index (χ1) is 19.9. The highest BCUT2D eigenvalue weighted by molar-refractivity contribution is 7.94. The summed E-state index contributed by atoms with van der Waals surface area (Å²) in [6.07, 6.45) is 8.56. The molecule has 0 aromatic carbocycles. The van der Waals surface area contributed by atoms with Gasteiger partial charge in [0.1, 0.15) is 13.2 Å². The number of ether oxygens (including phenoxy) is 1. The molecule has 42 heavy (non-hydrogen) atoms. The van der Waals surface area contributed by atoms with Crippen LogP contribution in [0.25, 0.3) is 0 Å². The summed E-state index contributed by atoms with van der Waals surface area (Å²) < 4.78 is 15.4. The van der Waals surface area contributed by atoms with Gasteiger partial charge < -0.3 is 24.6 Å². The van der Waals surface area contributed by atoms with Gasteiger partial charge in [0, 0.05) is 28.9 Å². The third kappa shape index (κ3) is 6.57. The number of nitrogens with zero attached hydrogens (tertiary/aromatic N) is 1. The number of aliphatic hydroxyl groups is 1. The van der Waals surface area contributed by atoms with Crippen LogP contribution in [0, 0.1) is 44.6 Å². The number of carbonyl (C=O) groups is 4. The molecule has 0 aliphatic heterocycles. The summed E-state index contributed by atoms with van der Waals surface area (Å²) in [6, 6.07) is 0. The lowest BCUT2D eigenvalue weighted by Gasteiger charge is -2.58. The van der Waals surface area contributed by atoms with Crippen LogP contribution in [0.4, 0.5) is 0 Å². The van der Waals surface area contributed by atoms with Gasteiger partial charge in [0.15, 0.2) is 11.6 Å². The number of unbranched alkanes of at least 4 members (excludes halogenated alkanes) is 2. The molecule has 4 rings (SSSR count). The topological polar surface area (TPSA) is 182 Å². The summed E-state index contributed by atoms with van der Waals surface area (Å²) >= 11 is 0.647. The molecule has 232 valence electrons. The zero-order valence-corrected chi connectivity index (χ0v) is 24.8. The van der Waals surface area contributed by atoms with E-state index in [4.69, 9.17) is 4.74 Å². The first kappa shape index (κ1) is 32.2. The van der Waals surface area contributed by atoms with Gasteiger partial charge in [0.25, 0.3) is 5.09 Å². The summed E-state index contributed by atoms with van der Waals surface area (Å²) in [5.41, 5.74) is 0.00126. The highest BCUT2D eigenvalue weighted by Gasteiger charge is 2.65. The van der Waals surface area contributed by atoms with Crippen molar-refractivity contribution < 1.29 is 43.5 Å². The lowest BCUT2D eigenvalue weighted by atomic mass is 9.46. The van der Waals surface area contributed by atoms with Gasteiger partial charge in [-0.2, -0.15) is 0 Å². The first-order valence-electron chi connectivity index (χ1n) is 14.6. The second kappa shape index (κ2) is 13.3. The van der Waals surface area contributed by atoms with Crippen LogP contribution in [0.15, 0.2) is 23.8 Å². The van der Waals surface area contributed by atoms with Gasteiger partial charge in [-0.25, -0.2) is 0 Å². The fourth-order valence-electron chi connectivity index (χ4n) is 8.25. The highest BCUT2D eigenvalue weighted by atomic mass is 32.2. The summed E-state index contributed by atoms with van der Waals surface area (Å²) in [7, 11) is 0. The first-order valence-corrected chi connectivity index (χ1v) is 15.4. The minimum Gasteiger partial charge on any atom is -0.456 e. The van der Waals surface area contributed by atoms with Gasteiger partial charge in [0.2, 0.25) is 5.91 Å². The molecule has 4 aliphatic carbocycles. The summed E-state index contributed by atoms with van der Waals surface area (Å²) in [4.78, 5) is 64.1. The van der Waals surface area contributed by atoms with Crippen molar-refractivity contribution in [2.24, 2.45) is 34.5 Å². The largest absolute Gasteiger partial charge is 0.456 e. The zero-order valence-electron chi connectivity index (χ0n) is 24.0. The number of nitrogens with one attached hydrogen (secondary N) is 1. The molecule has 0 heterocycles. The summed E-state index contributed by atoms with van der Waals surface area (Å²) in [6.45, 7) is 3.15. The normalized spacial score (nSPS) is 34.9. The van der Waals surface area contributed by atoms with Gasteiger partial charge >= 0.3 is 5.97 Å². The standard InChI is InChI=1S/C29H40N2O10S/c1-28-10-9-18(32)12-17(28)7-8-19-20-13-23(42-39)27(29(20,2)14-21(33)26(19)28)22(34)16-40-25(36)15-30-24(35)6-4-3-5-11-41-31(37)38/h9-10,12,19-21,23,26-27,33,39H,3-8,11,13-16H2,1-2H3,(H,30,35)/t19?,20?,21?,23-,26?,27?,28?,29?/m1/s1. The molecule has 13 heteroatoms. The molecule has 0 spiro atoms. The minimum atomic E-state index is -0.867. The van der Waals surface area contributed by atoms with Crippen molar-refractivity contribution in [3.8, 4) is 0 Å². The van der Waals surface area contributed by atoms with Crippen molar-refractivity contribution in [2.45, 2.75) is 76.6 Å². The second-order valence-electron chi connectivity index (χ2n) is 12.4. The number of hydrogen-bond acceptors (Lipinski definition) is 11. The molecular formula is C29H40N2O10S. The molecule has 3 N–H and O–H groups in total. The molecule has 0 radical (unpaired) electrons. The fraction of sp³-hybridized carbons (Fsp3) is 0.724. The van der Waals surface area contributed by atoms with Gasteiger partial charge in [0.05, 0.1) is 12.7 Å². The average molecular weight is 609 g/mol. The molecular weight excluding hydrogens is 568 g/mol. The maximum atomic E-state index is 13.5. The Bertz CT molecular complexity index is 1160. The molecule has 0 aromatic rings. The lowest BCUT2D eigenvalue weighted by molar-refractivity contribution is -0.757. The number of ketones is 2. The van der Waals surface area contributed by atoms with Crippen molar-refractivity contribution in [2.75, 3.05) is 19.8 Å². The van der Waals surface area contributed by atoms with Crippen molar-refractivity contribution in [3.05, 3.63) is 33.9 Å². The quantitative estimate of drug-likeness (QED) is 0.0918. The number of allylic oxidation sites excluding steroid dienone is 4. The van der Waals surface area contributed by atoms with Gasteiger partial charge in [-0.3, -0.25) is 19.2 Å². The van der Waals surface area contributed by atoms with Gasteiger partial charge in [-0.15, -0.1) is 10.1 Å². The molecule has 0 bridgehead atoms. The van der Waals surface area contributed by atoms with Crippen molar-refractivity contribution in [1.82, 2.24) is 5.32 Å². The third-order valence-corrected chi connectivity index (χ3v) is 10.8. The monoisotopic (exact) mass is 608 g/mol. The van der Waals surface area contributed by atoms with Gasteiger partial charge in [-0.1, -0.05) is 31.9 Å². The molecule has 8 atom stereocenters. The maximum Gasteiger partial charge on any atom is 0.325 e. The van der Waals surface area contributed by atoms with Gasteiger partial charge in [-0.05, 0) is 80.0 Å². The highest BCUT2D eigenvalue weighted by Crippen LogP contribution is 2.67. The predicted molar refractivity (Wildman–Crippen MR) is 151 cm³/mol. The van der Waals surface area contributed by atoms with E-state index in [9.17, 15) is 39.0 Å². The Morgan fingerprint density at radius 1 is 1.24 bits per heavy atom. The van der Waals surface area contributed by atoms with Crippen LogP contribution in [0.2, 0.25) is 0 Å². The van der Waals surface area contributed by atoms with E-state index >= 15 is 0 Å². The van der Waals surface area contributed by atoms with Crippen molar-refractivity contribution >= 4 is 35.5 Å². The van der Waals surface area contributed by atoms with E-state index in [1.807, 2.05) is 13.0 Å². The predicted octanol–water partition coefficient (Wildman–Crippen LogP) is 3.06. The number of amides is 1. The van der Waals surface area contributed by atoms with E-state index in [1.165, 1.54) is 0 Å². The van der Waals surface area contributed by atoms with Crippen LogP contribution in [0.1, 0.15) is 65.2 Å². The minimum absolute atomic E-state index is 0.0357. The van der Waals surface area contributed by atoms with Crippen LogP contribution in [-0.2, 0) is 28.8 Å². The Morgan fingerprint density at radius 3 is 2.71 bits per heavy atom. The number of aliphatic hydroxyl groups excluding tert-OH is 1. The van der Waals surface area contributed by atoms with Crippen LogP contribution < -0.4 is 5.32 Å². The van der Waals surface area contributed by atoms with Crippen molar-refractivity contribution in [1.29, 1.82) is 0 Å². The molecule has 0 saturated heterocycles. The van der Waals surface area contributed by atoms with E-state index in [0.717, 1.165) is 18.4 Å². The Kier molecular flexibility index (Phi) is 10.1. The average Bonchev–Trinajstić information content (AvgIpc) is 3.24. The maximum absolute atomic E-state index is 13.5. The van der Waals surface area contributed by atoms with E-state index in [-0.39, 0.29) is 48.3 Å². The van der Waals surface area contributed by atoms with E-state index in [0.29, 0.717) is 44.1 Å². The number of esters is 1. The van der Waals surface area contributed by atoms with Crippen LogP contribution in [0.5, 0.6) is 0 Å². The summed E-state index contributed by atoms with van der Waals surface area (Å²) in [5.74, 6) is -2.05. The van der Waals surface area contributed by atoms with E-state index in [1.54, 1.807) is 12.2 Å². The van der Waals surface area contributed by atoms with Crippen LogP contribution in [0.3, 0.4) is 0 Å². The fourth-order valence-corrected chi connectivity index (χ4v) is 9.13. The SMILES string of the molecule is CC12C=CC(=O)C=C1CCC1C2C(O)CC2(C)C1C[C@@H](SO)C2C(=O)COC(=O)CNC(=O)CCCCCO[N+](=O)[O-]. The number of hydrogen-bond donors (Lipinski definition) is 3. The van der Waals surface area contributed by atoms with E-state index < -0.39 is 52.3 Å². The van der Waals surface area contributed by atoms with E-state index in [2.05, 4.69) is 17.1 Å². The lowest BCUT2D eigenvalue weighted by Crippen LogP contribution is -2.56. The number of Topliss-reactive ketones (excluding diaryl/α,β-unsaturated/α-hetero) is 1. The molecule has 3 saturated carbocycles. The second-order valence-corrected chi connectivity index (χ2v) is 13.2. The van der Waals surface area contributed by atoms with Crippen molar-refractivity contribution in [3.63, 3.8) is 0 Å².